The molecule has 98 valence electrons. The Bertz CT molecular complexity index is 613. The van der Waals surface area contributed by atoms with Crippen LogP contribution < -0.4 is 5.32 Å². The van der Waals surface area contributed by atoms with Crippen molar-refractivity contribution in [1.82, 2.24) is 0 Å². The van der Waals surface area contributed by atoms with Crippen molar-refractivity contribution < 1.29 is 15.1 Å². The van der Waals surface area contributed by atoms with Gasteiger partial charge in [0.2, 0.25) is 0 Å². The van der Waals surface area contributed by atoms with Crippen molar-refractivity contribution >= 4 is 11.4 Å². The number of nitro benzene ring substituents is 1. The Kier molecular flexibility index (Phi) is 3.51. The Morgan fingerprint density at radius 2 is 1.84 bits per heavy atom. The van der Waals surface area contributed by atoms with E-state index < -0.39 is 4.92 Å². The number of rotatable bonds is 4. The second-order valence-corrected chi connectivity index (χ2v) is 3.94. The fourth-order valence-corrected chi connectivity index (χ4v) is 1.63. The lowest BCUT2D eigenvalue weighted by Gasteiger charge is -2.09. The van der Waals surface area contributed by atoms with Gasteiger partial charge >= 0.3 is 0 Å². The second kappa shape index (κ2) is 5.26. The lowest BCUT2D eigenvalue weighted by atomic mass is 10.2. The zero-order valence-corrected chi connectivity index (χ0v) is 9.91. The van der Waals surface area contributed by atoms with Crippen LogP contribution in [0.3, 0.4) is 0 Å². The third-order valence-electron chi connectivity index (χ3n) is 2.65. The van der Waals surface area contributed by atoms with E-state index in [9.17, 15) is 20.3 Å². The highest BCUT2D eigenvalue weighted by molar-refractivity contribution is 5.61. The van der Waals surface area contributed by atoms with E-state index in [4.69, 9.17) is 0 Å². The Balaban J connectivity index is 2.17. The predicted octanol–water partition coefficient (Wildman–Crippen LogP) is 2.62. The number of aromatic hydroxyl groups is 2. The number of phenolic OH excluding ortho intramolecular Hbond substituents is 2. The van der Waals surface area contributed by atoms with Crippen molar-refractivity contribution in [2.24, 2.45) is 0 Å². The molecule has 0 radical (unpaired) electrons. The molecule has 3 N–H and O–H groups in total. The van der Waals surface area contributed by atoms with Crippen LogP contribution in [0, 0.1) is 10.1 Å². The van der Waals surface area contributed by atoms with E-state index in [-0.39, 0.29) is 29.4 Å². The molecule has 2 aromatic carbocycles. The van der Waals surface area contributed by atoms with Crippen LogP contribution in [0.2, 0.25) is 0 Å². The van der Waals surface area contributed by atoms with Gasteiger partial charge in [-0.1, -0.05) is 18.2 Å². The first-order valence-corrected chi connectivity index (χ1v) is 5.56. The van der Waals surface area contributed by atoms with E-state index in [2.05, 4.69) is 5.32 Å². The molecule has 2 rings (SSSR count). The standard InChI is InChI=1S/C13H12N2O4/c16-12-4-2-1-3-9(12)8-14-11-7-10(15(18)19)5-6-13(11)17/h1-7,14,16-17H,8H2. The van der Waals surface area contributed by atoms with Crippen LogP contribution in [0.1, 0.15) is 5.56 Å². The van der Waals surface area contributed by atoms with Crippen molar-refractivity contribution in [2.45, 2.75) is 6.54 Å². The van der Waals surface area contributed by atoms with E-state index in [0.29, 0.717) is 5.56 Å². The summed E-state index contributed by atoms with van der Waals surface area (Å²) in [5.41, 5.74) is 0.767. The molecule has 0 aromatic heterocycles. The second-order valence-electron chi connectivity index (χ2n) is 3.94. The van der Waals surface area contributed by atoms with Gasteiger partial charge in [-0.3, -0.25) is 10.1 Å². The van der Waals surface area contributed by atoms with Gasteiger partial charge in [0, 0.05) is 24.2 Å². The predicted molar refractivity (Wildman–Crippen MR) is 70.2 cm³/mol. The average Bonchev–Trinajstić information content (AvgIpc) is 2.39. The summed E-state index contributed by atoms with van der Waals surface area (Å²) in [6.45, 7) is 0.251. The van der Waals surface area contributed by atoms with Gasteiger partial charge in [0.15, 0.2) is 0 Å². The number of nitro groups is 1. The number of phenols is 2. The number of hydrogen-bond donors (Lipinski definition) is 3. The molecule has 0 spiro atoms. The molecule has 6 heteroatoms. The highest BCUT2D eigenvalue weighted by atomic mass is 16.6. The first-order chi connectivity index (χ1) is 9.08. The summed E-state index contributed by atoms with van der Waals surface area (Å²) in [6.07, 6.45) is 0. The molecule has 0 heterocycles. The van der Waals surface area contributed by atoms with Gasteiger partial charge in [0.05, 0.1) is 10.6 Å². The number of non-ortho nitro benzene ring substituents is 1. The Labute approximate surface area is 109 Å². The minimum Gasteiger partial charge on any atom is -0.508 e. The van der Waals surface area contributed by atoms with Gasteiger partial charge in [0.1, 0.15) is 11.5 Å². The Morgan fingerprint density at radius 1 is 1.11 bits per heavy atom. The number of anilines is 1. The molecular formula is C13H12N2O4. The number of nitrogens with zero attached hydrogens (tertiary/aromatic N) is 1. The third kappa shape index (κ3) is 2.92. The maximum absolute atomic E-state index is 10.6. The van der Waals surface area contributed by atoms with Crippen molar-refractivity contribution in [3.05, 3.63) is 58.1 Å². The average molecular weight is 260 g/mol. The van der Waals surface area contributed by atoms with Crippen LogP contribution in [0.15, 0.2) is 42.5 Å². The van der Waals surface area contributed by atoms with Gasteiger partial charge < -0.3 is 15.5 Å². The molecule has 0 fully saturated rings. The summed E-state index contributed by atoms with van der Waals surface area (Å²) < 4.78 is 0. The summed E-state index contributed by atoms with van der Waals surface area (Å²) in [5.74, 6) is 0.0425. The molecule has 19 heavy (non-hydrogen) atoms. The molecular weight excluding hydrogens is 248 g/mol. The smallest absolute Gasteiger partial charge is 0.271 e. The summed E-state index contributed by atoms with van der Waals surface area (Å²) in [7, 11) is 0. The highest BCUT2D eigenvalue weighted by Crippen LogP contribution is 2.28. The van der Waals surface area contributed by atoms with E-state index in [1.165, 1.54) is 18.2 Å². The largest absolute Gasteiger partial charge is 0.508 e. The molecule has 0 bridgehead atoms. The van der Waals surface area contributed by atoms with Crippen LogP contribution in [0.4, 0.5) is 11.4 Å². The third-order valence-corrected chi connectivity index (χ3v) is 2.65. The molecule has 0 atom stereocenters. The SMILES string of the molecule is O=[N+]([O-])c1ccc(O)c(NCc2ccccc2O)c1. The highest BCUT2D eigenvalue weighted by Gasteiger charge is 2.10. The van der Waals surface area contributed by atoms with Gasteiger partial charge in [-0.05, 0) is 12.1 Å². The van der Waals surface area contributed by atoms with Crippen LogP contribution in [0.5, 0.6) is 11.5 Å². The molecule has 6 nitrogen and oxygen atoms in total. The molecule has 2 aromatic rings. The molecule has 0 unspecified atom stereocenters. The van der Waals surface area contributed by atoms with Crippen molar-refractivity contribution in [1.29, 1.82) is 0 Å². The molecule has 0 saturated heterocycles. The number of hydrogen-bond acceptors (Lipinski definition) is 5. The van der Waals surface area contributed by atoms with Crippen LogP contribution in [-0.4, -0.2) is 15.1 Å². The quantitative estimate of drug-likeness (QED) is 0.446. The molecule has 0 aliphatic carbocycles. The summed E-state index contributed by atoms with van der Waals surface area (Å²) in [4.78, 5) is 10.1. The zero-order chi connectivity index (χ0) is 13.8. The minimum absolute atomic E-state index is 0.0824. The van der Waals surface area contributed by atoms with E-state index in [0.717, 1.165) is 0 Å². The molecule has 0 aliphatic heterocycles. The van der Waals surface area contributed by atoms with Crippen LogP contribution in [-0.2, 0) is 6.54 Å². The monoisotopic (exact) mass is 260 g/mol. The lowest BCUT2D eigenvalue weighted by molar-refractivity contribution is -0.384. The topological polar surface area (TPSA) is 95.6 Å². The van der Waals surface area contributed by atoms with Crippen molar-refractivity contribution in [3.8, 4) is 11.5 Å². The normalized spacial score (nSPS) is 10.1. The van der Waals surface area contributed by atoms with Gasteiger partial charge in [-0.2, -0.15) is 0 Å². The summed E-state index contributed by atoms with van der Waals surface area (Å²) >= 11 is 0. The Morgan fingerprint density at radius 3 is 2.53 bits per heavy atom. The van der Waals surface area contributed by atoms with Gasteiger partial charge in [0.25, 0.3) is 5.69 Å². The minimum atomic E-state index is -0.537. The lowest BCUT2D eigenvalue weighted by Crippen LogP contribution is -2.00. The number of para-hydroxylation sites is 1. The van der Waals surface area contributed by atoms with E-state index in [1.54, 1.807) is 24.3 Å². The molecule has 0 saturated carbocycles. The fourth-order valence-electron chi connectivity index (χ4n) is 1.63. The van der Waals surface area contributed by atoms with Gasteiger partial charge in [-0.25, -0.2) is 0 Å². The van der Waals surface area contributed by atoms with Crippen LogP contribution >= 0.6 is 0 Å². The maximum atomic E-state index is 10.6. The first kappa shape index (κ1) is 12.7. The summed E-state index contributed by atoms with van der Waals surface area (Å²) in [6, 6.07) is 10.5. The van der Waals surface area contributed by atoms with Crippen molar-refractivity contribution in [2.75, 3.05) is 5.32 Å². The maximum Gasteiger partial charge on any atom is 0.271 e. The first-order valence-electron chi connectivity index (χ1n) is 5.56. The summed E-state index contributed by atoms with van der Waals surface area (Å²) in [5, 5.41) is 32.7. The molecule has 0 aliphatic rings. The van der Waals surface area contributed by atoms with Crippen LogP contribution in [0.25, 0.3) is 0 Å². The Hall–Kier alpha value is -2.76. The van der Waals surface area contributed by atoms with Crippen molar-refractivity contribution in [3.63, 3.8) is 0 Å². The zero-order valence-electron chi connectivity index (χ0n) is 9.91. The number of benzene rings is 2. The fraction of sp³-hybridized carbons (Fsp3) is 0.0769. The van der Waals surface area contributed by atoms with E-state index >= 15 is 0 Å². The van der Waals surface area contributed by atoms with Gasteiger partial charge in [-0.15, -0.1) is 0 Å². The number of nitrogens with one attached hydrogen (secondary N) is 1. The van der Waals surface area contributed by atoms with E-state index in [1.807, 2.05) is 0 Å². The molecule has 0 amide bonds.